The molecular weight excluding hydrogens is 186 g/mol. The number of nitrogens with one attached hydrogen (secondary N) is 1. The predicted molar refractivity (Wildman–Crippen MR) is 48.7 cm³/mol. The number of hydrogen-bond acceptors (Lipinski definition) is 5. The van der Waals surface area contributed by atoms with E-state index in [1.54, 1.807) is 0 Å². The summed E-state index contributed by atoms with van der Waals surface area (Å²) < 4.78 is 0. The Morgan fingerprint density at radius 2 is 2.14 bits per heavy atom. The van der Waals surface area contributed by atoms with E-state index in [1.807, 2.05) is 13.8 Å². The maximum Gasteiger partial charge on any atom is 0.291 e. The third kappa shape index (κ3) is 2.09. The molecule has 1 saturated heterocycles. The van der Waals surface area contributed by atoms with Crippen molar-refractivity contribution >= 4 is 11.7 Å². The van der Waals surface area contributed by atoms with Crippen LogP contribution in [0.5, 0.6) is 0 Å². The van der Waals surface area contributed by atoms with Gasteiger partial charge in [-0.1, -0.05) is 13.8 Å². The van der Waals surface area contributed by atoms with Gasteiger partial charge >= 0.3 is 0 Å². The van der Waals surface area contributed by atoms with Crippen LogP contribution in [0.3, 0.4) is 0 Å². The summed E-state index contributed by atoms with van der Waals surface area (Å²) in [5.41, 5.74) is 0. The lowest BCUT2D eigenvalue weighted by Gasteiger charge is -2.25. The Morgan fingerprint density at radius 3 is 2.50 bits per heavy atom. The Labute approximate surface area is 82.0 Å². The molecular formula is C8H15N3O3. The molecule has 0 aromatic heterocycles. The molecule has 0 radical (unpaired) electrons. The van der Waals surface area contributed by atoms with Crippen LogP contribution >= 0.6 is 0 Å². The fourth-order valence-corrected chi connectivity index (χ4v) is 1.43. The van der Waals surface area contributed by atoms with Crippen molar-refractivity contribution in [3.8, 4) is 0 Å². The van der Waals surface area contributed by atoms with E-state index in [1.165, 1.54) is 5.01 Å². The summed E-state index contributed by atoms with van der Waals surface area (Å²) in [6.07, 6.45) is -1.20. The molecule has 1 amide bonds. The number of carbonyl (C=O) groups is 2. The fourth-order valence-electron chi connectivity index (χ4n) is 1.43. The number of carbonyl (C=O) groups excluding carboxylic acids is 2. The largest absolute Gasteiger partial charge is 0.371 e. The van der Waals surface area contributed by atoms with Crippen LogP contribution in [0.25, 0.3) is 0 Å². The number of hydrazine groups is 1. The predicted octanol–water partition coefficient (Wildman–Crippen LogP) is -1.80. The minimum Gasteiger partial charge on any atom is -0.371 e. The van der Waals surface area contributed by atoms with Crippen molar-refractivity contribution in [3.05, 3.63) is 0 Å². The van der Waals surface area contributed by atoms with E-state index in [9.17, 15) is 14.7 Å². The molecule has 6 heteroatoms. The first kappa shape index (κ1) is 11.1. The number of aliphatic hydroxyl groups excluding tert-OH is 1. The second-order valence-electron chi connectivity index (χ2n) is 3.82. The lowest BCUT2D eigenvalue weighted by Crippen LogP contribution is -2.51. The first-order valence-electron chi connectivity index (χ1n) is 4.47. The van der Waals surface area contributed by atoms with Gasteiger partial charge in [0.25, 0.3) is 5.91 Å². The van der Waals surface area contributed by atoms with E-state index in [0.717, 1.165) is 0 Å². The highest BCUT2D eigenvalue weighted by Crippen LogP contribution is 2.09. The van der Waals surface area contributed by atoms with Gasteiger partial charge < -0.3 is 10.4 Å². The van der Waals surface area contributed by atoms with Crippen molar-refractivity contribution in [2.75, 3.05) is 6.54 Å². The Kier molecular flexibility index (Phi) is 3.20. The van der Waals surface area contributed by atoms with Crippen molar-refractivity contribution in [2.24, 2.45) is 11.8 Å². The first-order chi connectivity index (χ1) is 6.43. The number of nitrogens with two attached hydrogens (primary N) is 1. The summed E-state index contributed by atoms with van der Waals surface area (Å²) >= 11 is 0. The van der Waals surface area contributed by atoms with Crippen LogP contribution in [0.2, 0.25) is 0 Å². The van der Waals surface area contributed by atoms with Crippen LogP contribution in [0.1, 0.15) is 13.8 Å². The zero-order valence-electron chi connectivity index (χ0n) is 8.23. The molecule has 1 rings (SSSR count). The highest BCUT2D eigenvalue weighted by atomic mass is 16.3. The zero-order chi connectivity index (χ0) is 10.9. The van der Waals surface area contributed by atoms with Crippen LogP contribution in [-0.2, 0) is 9.59 Å². The molecule has 80 valence electrons. The maximum absolute atomic E-state index is 11.2. The summed E-state index contributed by atoms with van der Waals surface area (Å²) in [5.74, 6) is 4.39. The molecule has 1 aliphatic heterocycles. The van der Waals surface area contributed by atoms with Gasteiger partial charge in [-0.2, -0.15) is 0 Å². The zero-order valence-corrected chi connectivity index (χ0v) is 8.23. The quantitative estimate of drug-likeness (QED) is 0.284. The fraction of sp³-hybridized carbons (Fsp3) is 0.750. The van der Waals surface area contributed by atoms with Gasteiger partial charge in [0.15, 0.2) is 6.23 Å². The molecule has 1 heterocycles. The van der Waals surface area contributed by atoms with E-state index < -0.39 is 24.0 Å². The first-order valence-corrected chi connectivity index (χ1v) is 4.47. The van der Waals surface area contributed by atoms with Gasteiger partial charge in [0, 0.05) is 6.54 Å². The molecule has 6 nitrogen and oxygen atoms in total. The molecule has 0 aliphatic carbocycles. The number of amides is 1. The van der Waals surface area contributed by atoms with Crippen LogP contribution in [0.15, 0.2) is 0 Å². The van der Waals surface area contributed by atoms with Crippen LogP contribution in [0, 0.1) is 5.92 Å². The normalized spacial score (nSPS) is 27.6. The monoisotopic (exact) mass is 201 g/mol. The van der Waals surface area contributed by atoms with E-state index >= 15 is 0 Å². The molecule has 14 heavy (non-hydrogen) atoms. The molecule has 0 bridgehead atoms. The molecule has 0 saturated carbocycles. The summed E-state index contributed by atoms with van der Waals surface area (Å²) in [5, 5.41) is 12.7. The second kappa shape index (κ2) is 4.04. The van der Waals surface area contributed by atoms with Gasteiger partial charge in [-0.05, 0) is 5.92 Å². The van der Waals surface area contributed by atoms with E-state index in [0.29, 0.717) is 6.54 Å². The van der Waals surface area contributed by atoms with Crippen molar-refractivity contribution in [2.45, 2.75) is 26.1 Å². The summed E-state index contributed by atoms with van der Waals surface area (Å²) in [6.45, 7) is 4.31. The topological polar surface area (TPSA) is 95.7 Å². The third-order valence-corrected chi connectivity index (χ3v) is 2.00. The van der Waals surface area contributed by atoms with Crippen molar-refractivity contribution < 1.29 is 14.7 Å². The lowest BCUT2D eigenvalue weighted by atomic mass is 10.1. The molecule has 2 atom stereocenters. The maximum atomic E-state index is 11.2. The Morgan fingerprint density at radius 1 is 1.57 bits per heavy atom. The number of Topliss-reactive ketones (excluding diaryl/α,β-unsaturated/α-hetero) is 1. The van der Waals surface area contributed by atoms with Gasteiger partial charge in [-0.15, -0.1) is 0 Å². The van der Waals surface area contributed by atoms with Gasteiger partial charge in [0.1, 0.15) is 6.04 Å². The molecule has 1 fully saturated rings. The lowest BCUT2D eigenvalue weighted by molar-refractivity contribution is -0.137. The molecule has 1 aliphatic rings. The number of hydrogen-bond donors (Lipinski definition) is 3. The average molecular weight is 201 g/mol. The van der Waals surface area contributed by atoms with E-state index in [2.05, 4.69) is 5.32 Å². The van der Waals surface area contributed by atoms with Crippen LogP contribution in [0.4, 0.5) is 0 Å². The highest BCUT2D eigenvalue weighted by Gasteiger charge is 2.43. The van der Waals surface area contributed by atoms with E-state index in [-0.39, 0.29) is 5.92 Å². The number of aliphatic hydroxyl groups is 1. The smallest absolute Gasteiger partial charge is 0.291 e. The average Bonchev–Trinajstić information content (AvgIpc) is 2.25. The molecule has 0 aromatic rings. The van der Waals surface area contributed by atoms with Gasteiger partial charge in [-0.25, -0.2) is 5.01 Å². The minimum absolute atomic E-state index is 0.260. The van der Waals surface area contributed by atoms with Crippen LogP contribution < -0.4 is 11.2 Å². The Hall–Kier alpha value is -0.980. The summed E-state index contributed by atoms with van der Waals surface area (Å²) in [7, 11) is 0. The Balaban J connectivity index is 2.67. The number of nitrogens with zero attached hydrogens (tertiary/aromatic N) is 1. The molecule has 0 spiro atoms. The van der Waals surface area contributed by atoms with Crippen molar-refractivity contribution in [1.82, 2.24) is 10.3 Å². The van der Waals surface area contributed by atoms with Crippen LogP contribution in [-0.4, -0.2) is 40.6 Å². The SMILES string of the molecule is CC(C)CN(N)C1C(=O)C(=O)NC1O. The highest BCUT2D eigenvalue weighted by molar-refractivity contribution is 6.40. The molecule has 2 unspecified atom stereocenters. The summed E-state index contributed by atoms with van der Waals surface area (Å²) in [4.78, 5) is 22.1. The Bertz CT molecular complexity index is 254. The van der Waals surface area contributed by atoms with Crippen molar-refractivity contribution in [3.63, 3.8) is 0 Å². The minimum atomic E-state index is -1.20. The standard InChI is InChI=1S/C8H15N3O3/c1-4(2)3-11(9)5-6(12)8(14)10-7(5)13/h4-5,7,13H,3,9H2,1-2H3,(H,10,14). The van der Waals surface area contributed by atoms with Gasteiger partial charge in [0.2, 0.25) is 5.78 Å². The van der Waals surface area contributed by atoms with Gasteiger partial charge in [0.05, 0.1) is 0 Å². The number of rotatable bonds is 3. The van der Waals surface area contributed by atoms with E-state index in [4.69, 9.17) is 5.84 Å². The summed E-state index contributed by atoms with van der Waals surface area (Å²) in [6, 6.07) is -0.954. The molecule has 4 N–H and O–H groups in total. The molecule has 0 aromatic carbocycles. The number of ketones is 1. The van der Waals surface area contributed by atoms with Crippen molar-refractivity contribution in [1.29, 1.82) is 0 Å². The second-order valence-corrected chi connectivity index (χ2v) is 3.82. The van der Waals surface area contributed by atoms with Gasteiger partial charge in [-0.3, -0.25) is 15.4 Å². The third-order valence-electron chi connectivity index (χ3n) is 2.00.